The summed E-state index contributed by atoms with van der Waals surface area (Å²) >= 11 is 0. The molecule has 0 N–H and O–H groups in total. The van der Waals surface area contributed by atoms with E-state index in [0.717, 1.165) is 12.8 Å². The maximum Gasteiger partial charge on any atom is 0.197 e. The molecule has 0 atom stereocenters. The third-order valence-electron chi connectivity index (χ3n) is 4.59. The van der Waals surface area contributed by atoms with Crippen LogP contribution in [-0.4, -0.2) is 23.0 Å². The summed E-state index contributed by atoms with van der Waals surface area (Å²) in [5.41, 5.74) is 4.76. The van der Waals surface area contributed by atoms with Crippen molar-refractivity contribution in [1.29, 1.82) is 0 Å². The molecule has 2 aliphatic heterocycles. The smallest absolute Gasteiger partial charge is 0.197 e. The summed E-state index contributed by atoms with van der Waals surface area (Å²) < 4.78 is 0. The van der Waals surface area contributed by atoms with E-state index in [9.17, 15) is 9.59 Å². The van der Waals surface area contributed by atoms with Gasteiger partial charge < -0.3 is 0 Å². The zero-order valence-electron chi connectivity index (χ0n) is 12.7. The molecule has 24 heavy (non-hydrogen) atoms. The van der Waals surface area contributed by atoms with E-state index in [1.165, 1.54) is 0 Å². The first-order valence-electron chi connectivity index (χ1n) is 7.91. The van der Waals surface area contributed by atoms with Gasteiger partial charge in [0.05, 0.1) is 33.9 Å². The number of aliphatic imine (C=N–C) groups is 2. The normalized spacial score (nSPS) is 20.2. The highest BCUT2D eigenvalue weighted by Crippen LogP contribution is 2.39. The Kier molecular flexibility index (Phi) is 2.59. The number of carbonyl (C=O) groups excluding carboxylic acids is 2. The molecule has 0 unspecified atom stereocenters. The number of benzene rings is 1. The number of rotatable bonds is 0. The number of nitrogens with zero attached hydrogens (tertiary/aromatic N) is 2. The van der Waals surface area contributed by atoms with Crippen LogP contribution in [0, 0.1) is 0 Å². The van der Waals surface area contributed by atoms with Crippen molar-refractivity contribution >= 4 is 34.4 Å². The van der Waals surface area contributed by atoms with Crippen LogP contribution in [0.5, 0.6) is 0 Å². The van der Waals surface area contributed by atoms with Crippen molar-refractivity contribution in [2.75, 3.05) is 0 Å². The Morgan fingerprint density at radius 3 is 1.62 bits per heavy atom. The van der Waals surface area contributed by atoms with Crippen molar-refractivity contribution in [3.63, 3.8) is 0 Å². The van der Waals surface area contributed by atoms with Crippen LogP contribution in [0.4, 0.5) is 11.4 Å². The van der Waals surface area contributed by atoms with E-state index in [4.69, 9.17) is 0 Å². The number of hydrogen-bond donors (Lipinski definition) is 0. The molecule has 0 aromatic heterocycles. The van der Waals surface area contributed by atoms with Crippen LogP contribution in [0.25, 0.3) is 0 Å². The van der Waals surface area contributed by atoms with Gasteiger partial charge in [-0.25, -0.2) is 9.98 Å². The van der Waals surface area contributed by atoms with Crippen molar-refractivity contribution < 1.29 is 9.59 Å². The average molecular weight is 312 g/mol. The van der Waals surface area contributed by atoms with Crippen LogP contribution in [0.3, 0.4) is 0 Å². The molecule has 4 nitrogen and oxygen atoms in total. The number of hydrogen-bond acceptors (Lipinski definition) is 4. The molecular formula is C20H12N2O2. The Morgan fingerprint density at radius 1 is 0.708 bits per heavy atom. The molecule has 0 radical (unpaired) electrons. The zero-order valence-corrected chi connectivity index (χ0v) is 12.7. The number of Topliss-reactive ketones (excluding diaryl/α,β-unsaturated/α-hetero) is 2. The monoisotopic (exact) mass is 312 g/mol. The van der Waals surface area contributed by atoms with E-state index in [1.54, 1.807) is 12.1 Å². The van der Waals surface area contributed by atoms with Crippen LogP contribution in [0.1, 0.15) is 33.6 Å². The molecule has 0 saturated heterocycles. The van der Waals surface area contributed by atoms with Gasteiger partial charge in [0.15, 0.2) is 11.6 Å². The summed E-state index contributed by atoms with van der Waals surface area (Å²) in [6.07, 6.45) is 12.9. The van der Waals surface area contributed by atoms with E-state index in [1.807, 2.05) is 36.5 Å². The van der Waals surface area contributed by atoms with Crippen molar-refractivity contribution in [3.05, 3.63) is 70.9 Å². The lowest BCUT2D eigenvalue weighted by Crippen LogP contribution is -2.21. The molecule has 4 aliphatic rings. The second kappa shape index (κ2) is 4.68. The van der Waals surface area contributed by atoms with E-state index in [-0.39, 0.29) is 11.6 Å². The largest absolute Gasteiger partial charge is 0.288 e. The summed E-state index contributed by atoms with van der Waals surface area (Å²) in [6, 6.07) is 3.41. The summed E-state index contributed by atoms with van der Waals surface area (Å²) in [5.74, 6) is -0.0920. The third-order valence-corrected chi connectivity index (χ3v) is 4.59. The highest BCUT2D eigenvalue weighted by molar-refractivity contribution is 6.38. The lowest BCUT2D eigenvalue weighted by atomic mass is 9.86. The van der Waals surface area contributed by atoms with Crippen LogP contribution >= 0.6 is 0 Å². The standard InChI is InChI=1S/C20H12N2O2/c23-19-11-5-1-3-7-15(11)21-17-10-14-18(9-13(17)19)22-16-8-4-2-6-12(16)20(14)24/h3-10H,1-2H2. The van der Waals surface area contributed by atoms with Crippen molar-refractivity contribution in [1.82, 2.24) is 0 Å². The SMILES string of the molecule is O=C1C2=CCC=CC2=Nc2cc3c(cc21)N=C1C=CCC=C1C3=O. The summed E-state index contributed by atoms with van der Waals surface area (Å²) in [4.78, 5) is 34.7. The van der Waals surface area contributed by atoms with Crippen LogP contribution in [-0.2, 0) is 0 Å². The predicted octanol–water partition coefficient (Wildman–Crippen LogP) is 4.00. The molecule has 1 aromatic carbocycles. The fraction of sp³-hybridized carbons (Fsp3) is 0.100. The lowest BCUT2D eigenvalue weighted by Gasteiger charge is -2.22. The molecule has 0 fully saturated rings. The highest BCUT2D eigenvalue weighted by atomic mass is 16.1. The molecule has 0 amide bonds. The number of ketones is 2. The fourth-order valence-electron chi connectivity index (χ4n) is 3.41. The van der Waals surface area contributed by atoms with Gasteiger partial charge >= 0.3 is 0 Å². The van der Waals surface area contributed by atoms with E-state index >= 15 is 0 Å². The maximum atomic E-state index is 12.8. The molecule has 0 bridgehead atoms. The first-order chi connectivity index (χ1) is 11.7. The van der Waals surface area contributed by atoms with Gasteiger partial charge in [-0.3, -0.25) is 9.59 Å². The van der Waals surface area contributed by atoms with E-state index < -0.39 is 0 Å². The molecule has 2 aliphatic carbocycles. The minimum Gasteiger partial charge on any atom is -0.288 e. The Balaban J connectivity index is 1.75. The Hall–Kier alpha value is -3.14. The van der Waals surface area contributed by atoms with Gasteiger partial charge in [-0.15, -0.1) is 0 Å². The first kappa shape index (κ1) is 13.3. The zero-order chi connectivity index (χ0) is 16.3. The van der Waals surface area contributed by atoms with Gasteiger partial charge in [0.2, 0.25) is 0 Å². The molecule has 114 valence electrons. The summed E-state index contributed by atoms with van der Waals surface area (Å²) in [7, 11) is 0. The quantitative estimate of drug-likeness (QED) is 0.727. The van der Waals surface area contributed by atoms with Gasteiger partial charge in [-0.2, -0.15) is 0 Å². The molecule has 0 saturated carbocycles. The summed E-state index contributed by atoms with van der Waals surface area (Å²) in [6.45, 7) is 0. The molecule has 1 aromatic rings. The first-order valence-corrected chi connectivity index (χ1v) is 7.91. The van der Waals surface area contributed by atoms with Gasteiger partial charge in [-0.05, 0) is 37.1 Å². The Labute approximate surface area is 138 Å². The molecular weight excluding hydrogens is 300 g/mol. The average Bonchev–Trinajstić information content (AvgIpc) is 2.62. The highest BCUT2D eigenvalue weighted by Gasteiger charge is 2.31. The second-order valence-electron chi connectivity index (χ2n) is 6.05. The van der Waals surface area contributed by atoms with Crippen molar-refractivity contribution in [3.8, 4) is 0 Å². The fourth-order valence-corrected chi connectivity index (χ4v) is 3.41. The second-order valence-corrected chi connectivity index (χ2v) is 6.05. The predicted molar refractivity (Wildman–Crippen MR) is 93.0 cm³/mol. The molecule has 4 heteroatoms. The number of fused-ring (bicyclic) bond motifs is 4. The van der Waals surface area contributed by atoms with Gasteiger partial charge in [0.25, 0.3) is 0 Å². The van der Waals surface area contributed by atoms with Crippen molar-refractivity contribution in [2.24, 2.45) is 9.98 Å². The van der Waals surface area contributed by atoms with Crippen LogP contribution in [0.15, 0.2) is 69.7 Å². The van der Waals surface area contributed by atoms with Crippen molar-refractivity contribution in [2.45, 2.75) is 12.8 Å². The molecule has 0 spiro atoms. The van der Waals surface area contributed by atoms with Gasteiger partial charge in [-0.1, -0.05) is 24.3 Å². The maximum absolute atomic E-state index is 12.8. The third kappa shape index (κ3) is 1.74. The Bertz CT molecular complexity index is 946. The molecule has 5 rings (SSSR count). The minimum atomic E-state index is -0.0460. The Morgan fingerprint density at radius 2 is 1.17 bits per heavy atom. The summed E-state index contributed by atoms with van der Waals surface area (Å²) in [5, 5.41) is 0. The van der Waals surface area contributed by atoms with Crippen LogP contribution < -0.4 is 0 Å². The van der Waals surface area contributed by atoms with Crippen LogP contribution in [0.2, 0.25) is 0 Å². The van der Waals surface area contributed by atoms with E-state index in [2.05, 4.69) is 9.98 Å². The minimum absolute atomic E-state index is 0.0460. The van der Waals surface area contributed by atoms with E-state index in [0.29, 0.717) is 45.1 Å². The van der Waals surface area contributed by atoms with Gasteiger partial charge in [0, 0.05) is 11.1 Å². The topological polar surface area (TPSA) is 58.9 Å². The van der Waals surface area contributed by atoms with Gasteiger partial charge in [0.1, 0.15) is 0 Å². The molecule has 2 heterocycles. The lowest BCUT2D eigenvalue weighted by molar-refractivity contribution is 0.102. The number of allylic oxidation sites excluding steroid dienone is 8. The number of carbonyl (C=O) groups is 2.